The first-order chi connectivity index (χ1) is 10.2. The van der Waals surface area contributed by atoms with Crippen LogP contribution in [-0.2, 0) is 0 Å². The zero-order valence-corrected chi connectivity index (χ0v) is 11.1. The quantitative estimate of drug-likeness (QED) is 0.754. The average Bonchev–Trinajstić information content (AvgIpc) is 2.79. The Morgan fingerprint density at radius 1 is 1.10 bits per heavy atom. The van der Waals surface area contributed by atoms with Crippen LogP contribution >= 0.6 is 0 Å². The molecular weight excluding hydrogens is 264 g/mol. The van der Waals surface area contributed by atoms with Crippen LogP contribution in [0.4, 0.5) is 5.82 Å². The second-order valence-electron chi connectivity index (χ2n) is 4.87. The van der Waals surface area contributed by atoms with Crippen LogP contribution in [0, 0.1) is 0 Å². The molecule has 5 nitrogen and oxygen atoms in total. The maximum atomic E-state index is 9.44. The Morgan fingerprint density at radius 3 is 2.52 bits per heavy atom. The van der Waals surface area contributed by atoms with Crippen molar-refractivity contribution in [3.63, 3.8) is 0 Å². The molecule has 1 aliphatic rings. The average molecular weight is 276 g/mol. The Bertz CT molecular complexity index is 904. The fraction of sp³-hybridized carbons (Fsp3) is 0. The molecule has 0 saturated heterocycles. The molecule has 2 aromatic heterocycles. The highest BCUT2D eigenvalue weighted by Gasteiger charge is 2.17. The van der Waals surface area contributed by atoms with E-state index in [0.29, 0.717) is 5.82 Å². The number of nitrogen functional groups attached to an aromatic ring is 1. The van der Waals surface area contributed by atoms with Gasteiger partial charge in [0.05, 0.1) is 5.39 Å². The van der Waals surface area contributed by atoms with Crippen LogP contribution < -0.4 is 5.73 Å². The van der Waals surface area contributed by atoms with E-state index in [1.165, 1.54) is 6.33 Å². The minimum Gasteiger partial charge on any atom is -0.508 e. The minimum absolute atomic E-state index is 0.233. The summed E-state index contributed by atoms with van der Waals surface area (Å²) in [7, 11) is 0. The zero-order valence-electron chi connectivity index (χ0n) is 11.1. The molecule has 0 unspecified atom stereocenters. The molecule has 0 spiro atoms. The summed E-state index contributed by atoms with van der Waals surface area (Å²) >= 11 is 0. The van der Waals surface area contributed by atoms with E-state index >= 15 is 0 Å². The summed E-state index contributed by atoms with van der Waals surface area (Å²) in [5.41, 5.74) is 9.79. The normalized spacial score (nSPS) is 13.2. The molecule has 0 fully saturated rings. The van der Waals surface area contributed by atoms with E-state index in [9.17, 15) is 5.11 Å². The Kier molecular flexibility index (Phi) is 2.35. The van der Waals surface area contributed by atoms with Gasteiger partial charge in [-0.25, -0.2) is 9.97 Å². The number of rotatable bonds is 2. The van der Waals surface area contributed by atoms with Gasteiger partial charge in [0, 0.05) is 17.5 Å². The highest BCUT2D eigenvalue weighted by Crippen LogP contribution is 2.35. The van der Waals surface area contributed by atoms with Gasteiger partial charge in [-0.3, -0.25) is 0 Å². The molecule has 0 saturated carbocycles. The summed E-state index contributed by atoms with van der Waals surface area (Å²) in [5.74, 6) is 0.682. The van der Waals surface area contributed by atoms with Gasteiger partial charge in [-0.1, -0.05) is 18.2 Å². The first-order valence-electron chi connectivity index (χ1n) is 6.54. The van der Waals surface area contributed by atoms with Crippen molar-refractivity contribution in [3.8, 4) is 16.9 Å². The van der Waals surface area contributed by atoms with Gasteiger partial charge in [0.2, 0.25) is 0 Å². The maximum absolute atomic E-state index is 9.44. The second kappa shape index (κ2) is 4.21. The van der Waals surface area contributed by atoms with Crippen molar-refractivity contribution in [1.82, 2.24) is 14.5 Å². The molecule has 21 heavy (non-hydrogen) atoms. The van der Waals surface area contributed by atoms with Gasteiger partial charge in [-0.2, -0.15) is 0 Å². The molecular formula is C16H12N4O. The van der Waals surface area contributed by atoms with Crippen molar-refractivity contribution in [1.29, 1.82) is 0 Å². The number of phenols is 1. The van der Waals surface area contributed by atoms with Crippen molar-refractivity contribution >= 4 is 22.5 Å². The van der Waals surface area contributed by atoms with E-state index < -0.39 is 0 Å². The smallest absolute Gasteiger partial charge is 0.150 e. The van der Waals surface area contributed by atoms with Gasteiger partial charge in [-0.15, -0.1) is 0 Å². The summed E-state index contributed by atoms with van der Waals surface area (Å²) in [6.45, 7) is 0. The van der Waals surface area contributed by atoms with E-state index in [1.807, 2.05) is 41.1 Å². The predicted octanol–water partition coefficient (Wildman–Crippen LogP) is 2.80. The molecule has 2 heterocycles. The van der Waals surface area contributed by atoms with Gasteiger partial charge in [-0.05, 0) is 29.8 Å². The molecule has 4 rings (SSSR count). The molecule has 0 amide bonds. The van der Waals surface area contributed by atoms with Crippen LogP contribution in [0.25, 0.3) is 27.9 Å². The molecule has 3 aromatic rings. The Morgan fingerprint density at radius 2 is 1.86 bits per heavy atom. The topological polar surface area (TPSA) is 77.0 Å². The molecule has 1 aliphatic carbocycles. The molecule has 0 atom stereocenters. The molecule has 3 N–H and O–H groups in total. The van der Waals surface area contributed by atoms with Crippen LogP contribution in [0.3, 0.4) is 0 Å². The van der Waals surface area contributed by atoms with Crippen LogP contribution in [0.15, 0.2) is 55.0 Å². The van der Waals surface area contributed by atoms with E-state index in [1.54, 1.807) is 12.1 Å². The minimum atomic E-state index is 0.233. The number of fused-ring (bicyclic) bond motifs is 1. The van der Waals surface area contributed by atoms with Crippen molar-refractivity contribution in [2.24, 2.45) is 0 Å². The fourth-order valence-corrected chi connectivity index (χ4v) is 2.48. The molecule has 5 heteroatoms. The number of benzene rings is 1. The standard InChI is InChI=1S/C16H12N4O/c17-15-14-13(10-4-6-12(21)7-5-10)8-20(11-2-1-3-11)16(14)19-9-18-15/h1-9,21H,(H2,17,18,19). The van der Waals surface area contributed by atoms with Gasteiger partial charge in [0.15, 0.2) is 5.65 Å². The molecule has 0 bridgehead atoms. The number of allylic oxidation sites excluding steroid dienone is 4. The van der Waals surface area contributed by atoms with Crippen molar-refractivity contribution < 1.29 is 5.11 Å². The van der Waals surface area contributed by atoms with E-state index in [-0.39, 0.29) is 5.75 Å². The fourth-order valence-electron chi connectivity index (χ4n) is 2.48. The number of aromatic hydroxyl groups is 1. The third-order valence-corrected chi connectivity index (χ3v) is 3.60. The molecule has 102 valence electrons. The SMILES string of the molecule is Nc1ncnc2c1c(-c1ccc(O)cc1)cn2C1=CC=C1. The van der Waals surface area contributed by atoms with E-state index in [2.05, 4.69) is 9.97 Å². The van der Waals surface area contributed by atoms with Crippen LogP contribution in [0.1, 0.15) is 0 Å². The lowest BCUT2D eigenvalue weighted by Crippen LogP contribution is -1.99. The number of hydrogen-bond donors (Lipinski definition) is 2. The Hall–Kier alpha value is -3.08. The third kappa shape index (κ3) is 1.71. The van der Waals surface area contributed by atoms with Crippen molar-refractivity contribution in [3.05, 3.63) is 55.0 Å². The number of aromatic nitrogens is 3. The summed E-state index contributed by atoms with van der Waals surface area (Å²) in [6, 6.07) is 7.01. The largest absolute Gasteiger partial charge is 0.508 e. The second-order valence-corrected chi connectivity index (χ2v) is 4.87. The summed E-state index contributed by atoms with van der Waals surface area (Å²) in [5, 5.41) is 10.3. The number of nitrogens with two attached hydrogens (primary N) is 1. The highest BCUT2D eigenvalue weighted by atomic mass is 16.3. The summed E-state index contributed by atoms with van der Waals surface area (Å²) in [6.07, 6.45) is 9.47. The van der Waals surface area contributed by atoms with Crippen molar-refractivity contribution in [2.45, 2.75) is 0 Å². The Labute approximate surface area is 120 Å². The first kappa shape index (κ1) is 11.7. The van der Waals surface area contributed by atoms with Gasteiger partial charge < -0.3 is 15.4 Å². The predicted molar refractivity (Wildman–Crippen MR) is 82.5 cm³/mol. The number of phenolic OH excluding ortho intramolecular Hbond substituents is 1. The van der Waals surface area contributed by atoms with Crippen LogP contribution in [0.5, 0.6) is 5.75 Å². The first-order valence-corrected chi connectivity index (χ1v) is 6.54. The van der Waals surface area contributed by atoms with Crippen LogP contribution in [0.2, 0.25) is 0 Å². The summed E-state index contributed by atoms with van der Waals surface area (Å²) in [4.78, 5) is 8.45. The van der Waals surface area contributed by atoms with Gasteiger partial charge in [0.25, 0.3) is 0 Å². The van der Waals surface area contributed by atoms with Crippen LogP contribution in [-0.4, -0.2) is 19.6 Å². The number of anilines is 1. The highest BCUT2D eigenvalue weighted by molar-refractivity contribution is 6.02. The lowest BCUT2D eigenvalue weighted by Gasteiger charge is -2.09. The molecule has 0 aliphatic heterocycles. The van der Waals surface area contributed by atoms with Crippen molar-refractivity contribution in [2.75, 3.05) is 5.73 Å². The van der Waals surface area contributed by atoms with Gasteiger partial charge in [0.1, 0.15) is 17.9 Å². The number of nitrogens with zero attached hydrogens (tertiary/aromatic N) is 3. The van der Waals surface area contributed by atoms with E-state index in [0.717, 1.165) is 27.9 Å². The third-order valence-electron chi connectivity index (χ3n) is 3.60. The maximum Gasteiger partial charge on any atom is 0.150 e. The Balaban J connectivity index is 2.02. The lowest BCUT2D eigenvalue weighted by molar-refractivity contribution is 0.475. The monoisotopic (exact) mass is 276 g/mol. The van der Waals surface area contributed by atoms with Gasteiger partial charge >= 0.3 is 0 Å². The summed E-state index contributed by atoms with van der Waals surface area (Å²) < 4.78 is 2.00. The molecule has 0 radical (unpaired) electrons. The lowest BCUT2D eigenvalue weighted by atomic mass is 10.1. The number of hydrogen-bond acceptors (Lipinski definition) is 4. The zero-order chi connectivity index (χ0) is 14.4. The van der Waals surface area contributed by atoms with E-state index in [4.69, 9.17) is 5.73 Å². The molecule has 1 aromatic carbocycles.